The van der Waals surface area contributed by atoms with E-state index in [9.17, 15) is 14.4 Å². The van der Waals surface area contributed by atoms with E-state index in [1.165, 1.54) is 77.0 Å². The highest BCUT2D eigenvalue weighted by atomic mass is 16.6. The second-order valence-corrected chi connectivity index (χ2v) is 18.8. The van der Waals surface area contributed by atoms with Gasteiger partial charge in [0, 0.05) is 19.3 Å². The molecular formula is C65H106O6. The van der Waals surface area contributed by atoms with Crippen LogP contribution in [0.4, 0.5) is 0 Å². The molecule has 0 aliphatic heterocycles. The highest BCUT2D eigenvalue weighted by Crippen LogP contribution is 2.14. The number of carbonyl (C=O) groups is 3. The Hall–Kier alpha value is -4.19. The summed E-state index contributed by atoms with van der Waals surface area (Å²) in [5.74, 6) is -0.967. The first-order chi connectivity index (χ1) is 35.0. The maximum atomic E-state index is 12.9. The van der Waals surface area contributed by atoms with Crippen molar-refractivity contribution in [2.45, 2.75) is 258 Å². The van der Waals surface area contributed by atoms with Gasteiger partial charge in [0.05, 0.1) is 0 Å². The molecule has 0 amide bonds. The average molecular weight is 984 g/mol. The van der Waals surface area contributed by atoms with E-state index >= 15 is 0 Å². The summed E-state index contributed by atoms with van der Waals surface area (Å²) in [6, 6.07) is 0. The number of esters is 3. The highest BCUT2D eigenvalue weighted by Gasteiger charge is 2.19. The van der Waals surface area contributed by atoms with Crippen LogP contribution in [0.25, 0.3) is 0 Å². The van der Waals surface area contributed by atoms with Gasteiger partial charge in [-0.1, -0.05) is 226 Å². The third-order valence-corrected chi connectivity index (χ3v) is 11.9. The van der Waals surface area contributed by atoms with Crippen LogP contribution in [0.15, 0.2) is 122 Å². The molecule has 0 aliphatic rings. The van der Waals surface area contributed by atoms with E-state index in [-0.39, 0.29) is 31.1 Å². The Morgan fingerprint density at radius 1 is 0.296 bits per heavy atom. The van der Waals surface area contributed by atoms with Gasteiger partial charge in [0.15, 0.2) is 6.10 Å². The van der Waals surface area contributed by atoms with E-state index in [2.05, 4.69) is 142 Å². The van der Waals surface area contributed by atoms with Crippen LogP contribution in [0.1, 0.15) is 252 Å². The minimum absolute atomic E-state index is 0.103. The van der Waals surface area contributed by atoms with Gasteiger partial charge in [0.25, 0.3) is 0 Å². The molecule has 6 heteroatoms. The Labute approximate surface area is 437 Å². The predicted molar refractivity (Wildman–Crippen MR) is 306 cm³/mol. The van der Waals surface area contributed by atoms with E-state index in [0.717, 1.165) is 128 Å². The van der Waals surface area contributed by atoms with Crippen LogP contribution < -0.4 is 0 Å². The maximum absolute atomic E-state index is 12.9. The molecule has 402 valence electrons. The van der Waals surface area contributed by atoms with Gasteiger partial charge in [-0.3, -0.25) is 14.4 Å². The number of hydrogen-bond donors (Lipinski definition) is 0. The Morgan fingerprint density at radius 3 is 0.901 bits per heavy atom. The summed E-state index contributed by atoms with van der Waals surface area (Å²) in [6.45, 7) is 6.36. The molecule has 1 atom stereocenters. The third-order valence-electron chi connectivity index (χ3n) is 11.9. The van der Waals surface area contributed by atoms with E-state index in [1.54, 1.807) is 0 Å². The van der Waals surface area contributed by atoms with Crippen molar-refractivity contribution in [1.82, 2.24) is 0 Å². The summed E-state index contributed by atoms with van der Waals surface area (Å²) in [6.07, 6.45) is 80.4. The van der Waals surface area contributed by atoms with Crippen LogP contribution >= 0.6 is 0 Å². The van der Waals surface area contributed by atoms with E-state index in [1.807, 2.05) is 0 Å². The topological polar surface area (TPSA) is 78.9 Å². The average Bonchev–Trinajstić information content (AvgIpc) is 3.37. The van der Waals surface area contributed by atoms with Crippen molar-refractivity contribution < 1.29 is 28.6 Å². The molecule has 0 fully saturated rings. The minimum Gasteiger partial charge on any atom is -0.462 e. The van der Waals surface area contributed by atoms with Gasteiger partial charge < -0.3 is 14.2 Å². The molecule has 0 heterocycles. The van der Waals surface area contributed by atoms with Crippen LogP contribution in [-0.4, -0.2) is 37.2 Å². The van der Waals surface area contributed by atoms with Crippen molar-refractivity contribution in [3.05, 3.63) is 122 Å². The predicted octanol–water partition coefficient (Wildman–Crippen LogP) is 19.6. The maximum Gasteiger partial charge on any atom is 0.306 e. The van der Waals surface area contributed by atoms with Gasteiger partial charge in [-0.25, -0.2) is 0 Å². The lowest BCUT2D eigenvalue weighted by atomic mass is 10.1. The van der Waals surface area contributed by atoms with Gasteiger partial charge in [-0.2, -0.15) is 0 Å². The largest absolute Gasteiger partial charge is 0.462 e. The molecule has 71 heavy (non-hydrogen) atoms. The molecule has 0 aromatic rings. The van der Waals surface area contributed by atoms with Gasteiger partial charge in [-0.15, -0.1) is 0 Å². The quantitative estimate of drug-likeness (QED) is 0.0261. The zero-order valence-corrected chi connectivity index (χ0v) is 45.9. The third kappa shape index (κ3) is 56.6. The van der Waals surface area contributed by atoms with Crippen LogP contribution in [0, 0.1) is 0 Å². The molecule has 6 nitrogen and oxygen atoms in total. The summed E-state index contributed by atoms with van der Waals surface area (Å²) in [5, 5.41) is 0. The smallest absolute Gasteiger partial charge is 0.306 e. The number of allylic oxidation sites excluding steroid dienone is 20. The number of hydrogen-bond acceptors (Lipinski definition) is 6. The normalized spacial score (nSPS) is 13.0. The molecule has 0 aliphatic carbocycles. The molecule has 0 N–H and O–H groups in total. The fourth-order valence-electron chi connectivity index (χ4n) is 7.63. The molecule has 1 unspecified atom stereocenters. The van der Waals surface area contributed by atoms with E-state index in [4.69, 9.17) is 14.2 Å². The minimum atomic E-state index is -0.809. The fourth-order valence-corrected chi connectivity index (χ4v) is 7.63. The van der Waals surface area contributed by atoms with Gasteiger partial charge >= 0.3 is 17.9 Å². The van der Waals surface area contributed by atoms with Crippen molar-refractivity contribution in [1.29, 1.82) is 0 Å². The number of unbranched alkanes of at least 4 members (excludes halogenated alkanes) is 20. The van der Waals surface area contributed by atoms with Gasteiger partial charge in [0.1, 0.15) is 13.2 Å². The van der Waals surface area contributed by atoms with E-state index < -0.39 is 6.10 Å². The van der Waals surface area contributed by atoms with Crippen molar-refractivity contribution in [2.75, 3.05) is 13.2 Å². The molecule has 0 aromatic carbocycles. The molecule has 0 radical (unpaired) electrons. The van der Waals surface area contributed by atoms with Gasteiger partial charge in [-0.05, 0) is 128 Å². The van der Waals surface area contributed by atoms with Crippen molar-refractivity contribution >= 4 is 17.9 Å². The SMILES string of the molecule is CC/C=C\C/C=C\C/C=C\C/C=C\C/C=C\C/C=C\CCCCC(=O)OCC(COC(=O)CCCCCCC/C=C\CCCCCCCC)OC(=O)CCCCCCCCC/C=C\C/C=C\C/C=C\CC. The van der Waals surface area contributed by atoms with Crippen molar-refractivity contribution in [3.8, 4) is 0 Å². The monoisotopic (exact) mass is 983 g/mol. The summed E-state index contributed by atoms with van der Waals surface area (Å²) in [5.41, 5.74) is 0. The molecule has 0 rings (SSSR count). The Kier molecular flexibility index (Phi) is 54.9. The fraction of sp³-hybridized carbons (Fsp3) is 0.646. The molecule has 0 saturated carbocycles. The number of rotatable bonds is 51. The van der Waals surface area contributed by atoms with Gasteiger partial charge in [0.2, 0.25) is 0 Å². The first-order valence-corrected chi connectivity index (χ1v) is 29.0. The standard InChI is InChI=1S/C65H106O6/c1-4-7-10-13-16-19-22-25-28-30-31-32-33-35-37-40-43-46-49-52-55-58-64(67)70-61-62(60-69-63(66)57-54-51-48-45-42-39-36-27-24-21-18-15-12-9-6-3)71-65(68)59-56-53-50-47-44-41-38-34-29-26-23-20-17-14-11-8-5-2/h7-8,10-11,16-17,19-20,25-29,31-32,35-37,43,46,62H,4-6,9,12-15,18,21-24,30,33-34,38-42,44-45,47-61H2,1-3H3/b10-7-,11-8-,19-16-,20-17-,28-25-,29-26-,32-31-,36-27-,37-35-,46-43-. The first-order valence-electron chi connectivity index (χ1n) is 29.0. The summed E-state index contributed by atoms with van der Waals surface area (Å²) in [4.78, 5) is 38.2. The second kappa shape index (κ2) is 58.4. The highest BCUT2D eigenvalue weighted by molar-refractivity contribution is 5.71. The number of carbonyl (C=O) groups excluding carboxylic acids is 3. The van der Waals surface area contributed by atoms with Crippen molar-refractivity contribution in [2.24, 2.45) is 0 Å². The molecule has 0 spiro atoms. The summed E-state index contributed by atoms with van der Waals surface area (Å²) >= 11 is 0. The second-order valence-electron chi connectivity index (χ2n) is 18.8. The zero-order chi connectivity index (χ0) is 51.4. The molecule has 0 saturated heterocycles. The molecule has 0 aromatic heterocycles. The lowest BCUT2D eigenvalue weighted by Gasteiger charge is -2.18. The lowest BCUT2D eigenvalue weighted by molar-refractivity contribution is -0.167. The van der Waals surface area contributed by atoms with Crippen LogP contribution in [0.5, 0.6) is 0 Å². The van der Waals surface area contributed by atoms with Crippen molar-refractivity contribution in [3.63, 3.8) is 0 Å². The summed E-state index contributed by atoms with van der Waals surface area (Å²) in [7, 11) is 0. The molecule has 0 bridgehead atoms. The lowest BCUT2D eigenvalue weighted by Crippen LogP contribution is -2.30. The van der Waals surface area contributed by atoms with Crippen LogP contribution in [-0.2, 0) is 28.6 Å². The number of ether oxygens (including phenoxy) is 3. The first kappa shape index (κ1) is 66.8. The van der Waals surface area contributed by atoms with E-state index in [0.29, 0.717) is 25.7 Å². The zero-order valence-electron chi connectivity index (χ0n) is 45.9. The molecular weight excluding hydrogens is 877 g/mol. The van der Waals surface area contributed by atoms with Crippen LogP contribution in [0.3, 0.4) is 0 Å². The Morgan fingerprint density at radius 2 is 0.549 bits per heavy atom. The van der Waals surface area contributed by atoms with Crippen LogP contribution in [0.2, 0.25) is 0 Å². The Bertz CT molecular complexity index is 1500. The Balaban J connectivity index is 4.50. The summed E-state index contributed by atoms with van der Waals surface area (Å²) < 4.78 is 16.8.